The second kappa shape index (κ2) is 7.40. The normalized spacial score (nSPS) is 12.3. The molecular weight excluding hydrogens is 356 g/mol. The zero-order valence-corrected chi connectivity index (χ0v) is 16.3. The van der Waals surface area contributed by atoms with Gasteiger partial charge in [-0.2, -0.15) is 5.10 Å². The smallest absolute Gasteiger partial charge is 0.181 e. The van der Waals surface area contributed by atoms with E-state index in [1.807, 2.05) is 24.4 Å². The topological polar surface area (TPSA) is 57.4 Å². The summed E-state index contributed by atoms with van der Waals surface area (Å²) in [5, 5.41) is 8.78. The van der Waals surface area contributed by atoms with E-state index in [0.29, 0.717) is 0 Å². The number of hydrogen-bond acceptors (Lipinski definition) is 2. The van der Waals surface area contributed by atoms with Gasteiger partial charge < -0.3 is 4.98 Å². The largest absolute Gasteiger partial charge is 0.361 e. The maximum Gasteiger partial charge on any atom is 0.181 e. The van der Waals surface area contributed by atoms with Gasteiger partial charge in [0.1, 0.15) is 5.82 Å². The third kappa shape index (κ3) is 3.57. The molecule has 1 atom stereocenters. The van der Waals surface area contributed by atoms with Gasteiger partial charge in [-0.15, -0.1) is 0 Å². The van der Waals surface area contributed by atoms with Crippen LogP contribution in [0.15, 0.2) is 85.1 Å². The number of aromatic nitrogens is 4. The number of aromatic amines is 2. The highest BCUT2D eigenvalue weighted by Gasteiger charge is 2.12. The Kier molecular flexibility index (Phi) is 4.45. The van der Waals surface area contributed by atoms with Gasteiger partial charge in [-0.1, -0.05) is 61.5 Å². The molecule has 0 aliphatic carbocycles. The zero-order chi connectivity index (χ0) is 19.6. The van der Waals surface area contributed by atoms with Crippen molar-refractivity contribution in [1.82, 2.24) is 20.2 Å². The predicted molar refractivity (Wildman–Crippen MR) is 117 cm³/mol. The molecule has 4 nitrogen and oxygen atoms in total. The lowest BCUT2D eigenvalue weighted by Crippen LogP contribution is -1.96. The summed E-state index contributed by atoms with van der Waals surface area (Å²) in [4.78, 5) is 7.97. The third-order valence-corrected chi connectivity index (χ3v) is 5.47. The second-order valence-electron chi connectivity index (χ2n) is 7.44. The van der Waals surface area contributed by atoms with Crippen molar-refractivity contribution in [2.45, 2.75) is 19.3 Å². The molecule has 2 N–H and O–H groups in total. The van der Waals surface area contributed by atoms with Crippen molar-refractivity contribution >= 4 is 10.9 Å². The summed E-state index contributed by atoms with van der Waals surface area (Å²) in [6.07, 6.45) is 2.73. The molecular formula is C25H22N4. The summed E-state index contributed by atoms with van der Waals surface area (Å²) in [7, 11) is 0. The van der Waals surface area contributed by atoms with E-state index in [0.717, 1.165) is 23.6 Å². The first-order valence-electron chi connectivity index (χ1n) is 9.89. The molecule has 0 saturated heterocycles. The molecule has 0 saturated carbocycles. The summed E-state index contributed by atoms with van der Waals surface area (Å²) < 4.78 is 0. The average Bonchev–Trinajstić information content (AvgIpc) is 3.43. The standard InChI is InChI=1S/C25H22N4/c1-17(20-10-11-23-21(15-20)12-13-26-23)19-8-5-9-22(16-19)25-27-24(28-29-25)14-18-6-3-2-4-7-18/h2-13,15-17,26H,14H2,1H3,(H,27,28,29). The second-order valence-corrected chi connectivity index (χ2v) is 7.44. The Balaban J connectivity index is 1.40. The summed E-state index contributed by atoms with van der Waals surface area (Å²) >= 11 is 0. The number of nitrogens with one attached hydrogen (secondary N) is 2. The Hall–Kier alpha value is -3.66. The minimum Gasteiger partial charge on any atom is -0.361 e. The van der Waals surface area contributed by atoms with E-state index in [4.69, 9.17) is 4.98 Å². The quantitative estimate of drug-likeness (QED) is 0.412. The first kappa shape index (κ1) is 17.4. The molecule has 0 amide bonds. The maximum atomic E-state index is 4.71. The van der Waals surface area contributed by atoms with Crippen molar-refractivity contribution < 1.29 is 0 Å². The molecule has 3 aromatic carbocycles. The van der Waals surface area contributed by atoms with Crippen LogP contribution in [0.1, 0.15) is 35.4 Å². The molecule has 0 fully saturated rings. The number of benzene rings is 3. The Morgan fingerprint density at radius 3 is 2.62 bits per heavy atom. The van der Waals surface area contributed by atoms with Crippen molar-refractivity contribution in [1.29, 1.82) is 0 Å². The van der Waals surface area contributed by atoms with Crippen LogP contribution in [0.5, 0.6) is 0 Å². The lowest BCUT2D eigenvalue weighted by Gasteiger charge is -2.13. The monoisotopic (exact) mass is 378 g/mol. The highest BCUT2D eigenvalue weighted by molar-refractivity contribution is 5.80. The third-order valence-electron chi connectivity index (χ3n) is 5.47. The molecule has 2 aromatic heterocycles. The summed E-state index contributed by atoms with van der Waals surface area (Å²) in [6, 6.07) is 27.6. The van der Waals surface area contributed by atoms with Crippen LogP contribution in [0.4, 0.5) is 0 Å². The number of fused-ring (bicyclic) bond motifs is 1. The lowest BCUT2D eigenvalue weighted by molar-refractivity contribution is 0.924. The summed E-state index contributed by atoms with van der Waals surface area (Å²) in [5.41, 5.74) is 5.98. The van der Waals surface area contributed by atoms with Crippen molar-refractivity contribution in [2.75, 3.05) is 0 Å². The van der Waals surface area contributed by atoms with Crippen LogP contribution in [0.2, 0.25) is 0 Å². The molecule has 4 heteroatoms. The van der Waals surface area contributed by atoms with Gasteiger partial charge in [0.05, 0.1) is 0 Å². The SMILES string of the molecule is CC(c1cccc(-c2n[nH]c(Cc3ccccc3)n2)c1)c1ccc2[nH]ccc2c1. The first-order chi connectivity index (χ1) is 14.3. The molecule has 0 aliphatic rings. The lowest BCUT2D eigenvalue weighted by atomic mass is 9.91. The van der Waals surface area contributed by atoms with Crippen molar-refractivity contribution in [3.63, 3.8) is 0 Å². The van der Waals surface area contributed by atoms with Crippen LogP contribution < -0.4 is 0 Å². The summed E-state index contributed by atoms with van der Waals surface area (Å²) in [5.74, 6) is 1.91. The first-order valence-corrected chi connectivity index (χ1v) is 9.89. The summed E-state index contributed by atoms with van der Waals surface area (Å²) in [6.45, 7) is 2.24. The van der Waals surface area contributed by atoms with Crippen molar-refractivity contribution in [3.05, 3.63) is 108 Å². The van der Waals surface area contributed by atoms with Crippen LogP contribution in [0.3, 0.4) is 0 Å². The van der Waals surface area contributed by atoms with Gasteiger partial charge in [0.25, 0.3) is 0 Å². The molecule has 0 aliphatic heterocycles. The van der Waals surface area contributed by atoms with Crippen LogP contribution in [0.25, 0.3) is 22.3 Å². The molecule has 1 unspecified atom stereocenters. The molecule has 0 bridgehead atoms. The molecule has 0 radical (unpaired) electrons. The minimum atomic E-state index is 0.289. The Morgan fingerprint density at radius 1 is 0.862 bits per heavy atom. The van der Waals surface area contributed by atoms with Gasteiger partial charge in [0.2, 0.25) is 0 Å². The highest BCUT2D eigenvalue weighted by atomic mass is 15.2. The Bertz CT molecular complexity index is 1250. The van der Waals surface area contributed by atoms with Crippen LogP contribution in [0, 0.1) is 0 Å². The van der Waals surface area contributed by atoms with Crippen LogP contribution in [-0.4, -0.2) is 20.2 Å². The average molecular weight is 378 g/mol. The highest BCUT2D eigenvalue weighted by Crippen LogP contribution is 2.29. The fourth-order valence-electron chi connectivity index (χ4n) is 3.77. The van der Waals surface area contributed by atoms with E-state index < -0.39 is 0 Å². The zero-order valence-electron chi connectivity index (χ0n) is 16.3. The van der Waals surface area contributed by atoms with E-state index in [2.05, 4.69) is 82.8 Å². The van der Waals surface area contributed by atoms with E-state index in [1.54, 1.807) is 0 Å². The van der Waals surface area contributed by atoms with Gasteiger partial charge in [-0.25, -0.2) is 4.98 Å². The molecule has 5 aromatic rings. The number of nitrogens with zero attached hydrogens (tertiary/aromatic N) is 2. The molecule has 5 rings (SSSR count). The molecule has 0 spiro atoms. The minimum absolute atomic E-state index is 0.289. The molecule has 2 heterocycles. The van der Waals surface area contributed by atoms with Gasteiger partial charge in [0, 0.05) is 29.6 Å². The van der Waals surface area contributed by atoms with E-state index >= 15 is 0 Å². The molecule has 29 heavy (non-hydrogen) atoms. The number of hydrogen-bond donors (Lipinski definition) is 2. The van der Waals surface area contributed by atoms with E-state index in [1.165, 1.54) is 27.6 Å². The predicted octanol–water partition coefficient (Wildman–Crippen LogP) is 5.70. The fraction of sp³-hybridized carbons (Fsp3) is 0.120. The molecule has 142 valence electrons. The van der Waals surface area contributed by atoms with Crippen molar-refractivity contribution in [2.24, 2.45) is 0 Å². The Morgan fingerprint density at radius 2 is 1.72 bits per heavy atom. The van der Waals surface area contributed by atoms with Gasteiger partial charge in [-0.3, -0.25) is 5.10 Å². The maximum absolute atomic E-state index is 4.71. The van der Waals surface area contributed by atoms with Gasteiger partial charge >= 0.3 is 0 Å². The van der Waals surface area contributed by atoms with Crippen LogP contribution >= 0.6 is 0 Å². The van der Waals surface area contributed by atoms with E-state index in [9.17, 15) is 0 Å². The van der Waals surface area contributed by atoms with Gasteiger partial charge in [-0.05, 0) is 46.3 Å². The number of H-pyrrole nitrogens is 2. The van der Waals surface area contributed by atoms with Gasteiger partial charge in [0.15, 0.2) is 5.82 Å². The van der Waals surface area contributed by atoms with Crippen LogP contribution in [-0.2, 0) is 6.42 Å². The van der Waals surface area contributed by atoms with Crippen molar-refractivity contribution in [3.8, 4) is 11.4 Å². The van der Waals surface area contributed by atoms with E-state index in [-0.39, 0.29) is 5.92 Å². The Labute approximate surface area is 169 Å². The fourth-order valence-corrected chi connectivity index (χ4v) is 3.77. The number of rotatable bonds is 5.